The Morgan fingerprint density at radius 2 is 2.15 bits per heavy atom. The maximum Gasteiger partial charge on any atom is 0.405 e. The molecule has 1 aliphatic rings. The second-order valence-electron chi connectivity index (χ2n) is 7.98. The van der Waals surface area contributed by atoms with E-state index in [1.807, 2.05) is 37.3 Å². The first-order valence-electron chi connectivity index (χ1n) is 10.5. The minimum absolute atomic E-state index is 0.191. The van der Waals surface area contributed by atoms with Crippen LogP contribution in [-0.4, -0.2) is 46.0 Å². The highest BCUT2D eigenvalue weighted by Gasteiger charge is 2.25. The normalized spacial score (nSPS) is 15.7. The zero-order valence-corrected chi connectivity index (χ0v) is 18.3. The third-order valence-corrected chi connectivity index (χ3v) is 5.66. The monoisotopic (exact) mass is 448 g/mol. The highest BCUT2D eigenvalue weighted by Crippen LogP contribution is 2.26. The summed E-state index contributed by atoms with van der Waals surface area (Å²) in [5.74, 6) is 0.511. The van der Waals surface area contributed by atoms with Crippen LogP contribution in [-0.2, 0) is 22.6 Å². The number of pyridine rings is 1. The number of carboxylic acid groups (broad SMARTS) is 1. The number of furan rings is 1. The van der Waals surface area contributed by atoms with Crippen LogP contribution < -0.4 is 10.6 Å². The fourth-order valence-electron chi connectivity index (χ4n) is 3.81. The minimum atomic E-state index is -1.25. The molecule has 0 aliphatic carbocycles. The molecule has 9 nitrogen and oxygen atoms in total. The van der Waals surface area contributed by atoms with E-state index in [-0.39, 0.29) is 5.91 Å². The van der Waals surface area contributed by atoms with E-state index in [9.17, 15) is 14.4 Å². The van der Waals surface area contributed by atoms with Gasteiger partial charge in [-0.2, -0.15) is 0 Å². The summed E-state index contributed by atoms with van der Waals surface area (Å²) in [6.45, 7) is 2.32. The number of nitrogens with one attached hydrogen (secondary N) is 2. The first-order chi connectivity index (χ1) is 15.8. The molecule has 0 spiro atoms. The summed E-state index contributed by atoms with van der Waals surface area (Å²) in [7, 11) is 1.71. The maximum atomic E-state index is 12.6. The Morgan fingerprint density at radius 3 is 2.91 bits per heavy atom. The second-order valence-corrected chi connectivity index (χ2v) is 7.98. The van der Waals surface area contributed by atoms with Crippen molar-refractivity contribution in [1.29, 1.82) is 0 Å². The highest BCUT2D eigenvalue weighted by atomic mass is 16.4. The molecule has 3 aromatic rings. The van der Waals surface area contributed by atoms with Gasteiger partial charge >= 0.3 is 6.09 Å². The third kappa shape index (κ3) is 4.87. The molecule has 33 heavy (non-hydrogen) atoms. The van der Waals surface area contributed by atoms with Crippen LogP contribution in [0.1, 0.15) is 28.9 Å². The first-order valence-corrected chi connectivity index (χ1v) is 10.5. The summed E-state index contributed by atoms with van der Waals surface area (Å²) < 4.78 is 5.89. The van der Waals surface area contributed by atoms with E-state index in [0.29, 0.717) is 30.8 Å². The van der Waals surface area contributed by atoms with Crippen molar-refractivity contribution in [2.24, 2.45) is 0 Å². The number of hydrogen-bond acceptors (Lipinski definition) is 5. The fraction of sp³-hybridized carbons (Fsp3) is 0.250. The number of likely N-dealkylation sites (N-methyl/N-ethyl adjacent to an activating group) is 1. The van der Waals surface area contributed by atoms with E-state index >= 15 is 0 Å². The van der Waals surface area contributed by atoms with Gasteiger partial charge in [-0.15, -0.1) is 0 Å². The number of amides is 3. The molecule has 170 valence electrons. The number of carbonyl (C=O) groups excluding carboxylic acids is 2. The van der Waals surface area contributed by atoms with Gasteiger partial charge < -0.3 is 25.1 Å². The van der Waals surface area contributed by atoms with Gasteiger partial charge in [0.05, 0.1) is 6.54 Å². The number of hydrogen-bond donors (Lipinski definition) is 3. The number of para-hydroxylation sites is 1. The summed E-state index contributed by atoms with van der Waals surface area (Å²) in [4.78, 5) is 41.5. The van der Waals surface area contributed by atoms with E-state index in [0.717, 1.165) is 27.9 Å². The predicted octanol–water partition coefficient (Wildman–Crippen LogP) is 3.33. The Bertz CT molecular complexity index is 1260. The Morgan fingerprint density at radius 1 is 1.36 bits per heavy atom. The van der Waals surface area contributed by atoms with E-state index in [2.05, 4.69) is 15.6 Å². The highest BCUT2D eigenvalue weighted by molar-refractivity contribution is 5.97. The molecule has 3 N–H and O–H groups in total. The lowest BCUT2D eigenvalue weighted by Crippen LogP contribution is -2.42. The number of fused-ring (bicyclic) bond motifs is 2. The van der Waals surface area contributed by atoms with Crippen LogP contribution in [0.4, 0.5) is 10.6 Å². The van der Waals surface area contributed by atoms with Crippen LogP contribution in [0.15, 0.2) is 47.0 Å². The van der Waals surface area contributed by atoms with Crippen LogP contribution >= 0.6 is 0 Å². The van der Waals surface area contributed by atoms with E-state index in [1.54, 1.807) is 24.2 Å². The van der Waals surface area contributed by atoms with Gasteiger partial charge in [0, 0.05) is 30.3 Å². The lowest BCUT2D eigenvalue weighted by molar-refractivity contribution is -0.125. The van der Waals surface area contributed by atoms with E-state index < -0.39 is 18.0 Å². The molecule has 2 aromatic heterocycles. The summed E-state index contributed by atoms with van der Waals surface area (Å²) in [6.07, 6.45) is 4.21. The molecule has 0 fully saturated rings. The number of aryl methyl sites for hydroxylation is 2. The molecule has 4 rings (SSSR count). The van der Waals surface area contributed by atoms with E-state index in [4.69, 9.17) is 9.52 Å². The van der Waals surface area contributed by atoms with Crippen molar-refractivity contribution < 1.29 is 23.9 Å². The second kappa shape index (κ2) is 9.15. The van der Waals surface area contributed by atoms with Crippen molar-refractivity contribution in [3.63, 3.8) is 0 Å². The molecule has 0 saturated heterocycles. The van der Waals surface area contributed by atoms with Crippen molar-refractivity contribution in [1.82, 2.24) is 15.2 Å². The molecule has 3 amide bonds. The van der Waals surface area contributed by atoms with Crippen LogP contribution in [0.2, 0.25) is 0 Å². The molecule has 0 radical (unpaired) electrons. The number of nitrogens with zero attached hydrogens (tertiary/aromatic N) is 2. The lowest BCUT2D eigenvalue weighted by atomic mass is 10.1. The maximum absolute atomic E-state index is 12.6. The first kappa shape index (κ1) is 22.1. The SMILES string of the molecule is Cc1c(CN(C)C(=O)/C=C/c2cnc3c(c2)CCC(NC(=O)O)C(=O)N3)oc2ccccc12. The molecule has 0 bridgehead atoms. The fourth-order valence-corrected chi connectivity index (χ4v) is 3.81. The van der Waals surface area contributed by atoms with Gasteiger partial charge in [-0.3, -0.25) is 9.59 Å². The third-order valence-electron chi connectivity index (χ3n) is 5.66. The van der Waals surface area contributed by atoms with Crippen molar-refractivity contribution in [2.45, 2.75) is 32.4 Å². The zero-order chi connectivity index (χ0) is 23.5. The number of benzene rings is 1. The molecular formula is C24H24N4O5. The molecule has 9 heteroatoms. The summed E-state index contributed by atoms with van der Waals surface area (Å²) >= 11 is 0. The topological polar surface area (TPSA) is 125 Å². The largest absolute Gasteiger partial charge is 0.465 e. The quantitative estimate of drug-likeness (QED) is 0.514. The van der Waals surface area contributed by atoms with Gasteiger partial charge in [-0.25, -0.2) is 9.78 Å². The summed E-state index contributed by atoms with van der Waals surface area (Å²) in [5, 5.41) is 14.8. The Kier molecular flexibility index (Phi) is 6.12. The predicted molar refractivity (Wildman–Crippen MR) is 123 cm³/mol. The summed E-state index contributed by atoms with van der Waals surface area (Å²) in [5.41, 5.74) is 3.29. The van der Waals surface area contributed by atoms with Gasteiger partial charge in [0.25, 0.3) is 0 Å². The zero-order valence-electron chi connectivity index (χ0n) is 18.3. The number of aromatic nitrogens is 1. The van der Waals surface area contributed by atoms with Crippen molar-refractivity contribution in [2.75, 3.05) is 12.4 Å². The van der Waals surface area contributed by atoms with Gasteiger partial charge in [0.1, 0.15) is 23.2 Å². The standard InChI is InChI=1S/C24H24N4O5/c1-14-17-5-3-4-6-19(17)33-20(14)13-28(2)21(29)10-7-15-11-16-8-9-18(26-24(31)32)23(30)27-22(16)25-12-15/h3-7,10-12,18,26H,8-9,13H2,1-2H3,(H,31,32)(H,25,27,30)/b10-7+. The Balaban J connectivity index is 1.43. The molecule has 3 heterocycles. The minimum Gasteiger partial charge on any atom is -0.465 e. The van der Waals surface area contributed by atoms with Crippen LogP contribution in [0, 0.1) is 6.92 Å². The number of rotatable bonds is 5. The Hall–Kier alpha value is -4.14. The number of anilines is 1. The summed E-state index contributed by atoms with van der Waals surface area (Å²) in [6, 6.07) is 8.75. The molecule has 1 aliphatic heterocycles. The van der Waals surface area contributed by atoms with Crippen molar-refractivity contribution in [3.8, 4) is 0 Å². The molecule has 1 atom stereocenters. The van der Waals surface area contributed by atoms with Gasteiger partial charge in [0.15, 0.2) is 0 Å². The van der Waals surface area contributed by atoms with Crippen LogP contribution in [0.5, 0.6) is 0 Å². The van der Waals surface area contributed by atoms with Gasteiger partial charge in [-0.1, -0.05) is 18.2 Å². The van der Waals surface area contributed by atoms with Gasteiger partial charge in [0.2, 0.25) is 11.8 Å². The van der Waals surface area contributed by atoms with Gasteiger partial charge in [-0.05, 0) is 49.1 Å². The van der Waals surface area contributed by atoms with Crippen molar-refractivity contribution >= 4 is 40.8 Å². The Labute approximate surface area is 190 Å². The number of carbonyl (C=O) groups is 3. The molecule has 1 aromatic carbocycles. The lowest BCUT2D eigenvalue weighted by Gasteiger charge is -2.14. The smallest absolute Gasteiger partial charge is 0.405 e. The molecule has 0 saturated carbocycles. The molecular weight excluding hydrogens is 424 g/mol. The van der Waals surface area contributed by atoms with E-state index in [1.165, 1.54) is 6.08 Å². The van der Waals surface area contributed by atoms with Crippen molar-refractivity contribution in [3.05, 3.63) is 65.1 Å². The van der Waals surface area contributed by atoms with Crippen LogP contribution in [0.25, 0.3) is 17.0 Å². The average molecular weight is 448 g/mol. The molecule has 1 unspecified atom stereocenters. The average Bonchev–Trinajstić information content (AvgIpc) is 3.01. The van der Waals surface area contributed by atoms with Crippen LogP contribution in [0.3, 0.4) is 0 Å².